The number of carbonyl (C=O) groups excluding carboxylic acids is 1. The van der Waals surface area contributed by atoms with E-state index < -0.39 is 23.8 Å². The Labute approximate surface area is 121 Å². The molecule has 0 unspecified atom stereocenters. The van der Waals surface area contributed by atoms with Crippen LogP contribution in [0.4, 0.5) is 0 Å². The molecule has 2 aliphatic heterocycles. The third-order valence-electron chi connectivity index (χ3n) is 3.39. The minimum atomic E-state index is -1.20. The van der Waals surface area contributed by atoms with Crippen molar-refractivity contribution in [3.05, 3.63) is 5.21 Å². The van der Waals surface area contributed by atoms with Crippen LogP contribution in [0.2, 0.25) is 0 Å². The summed E-state index contributed by atoms with van der Waals surface area (Å²) in [6.07, 6.45) is -1.20. The molecule has 0 amide bonds. The fourth-order valence-electron chi connectivity index (χ4n) is 2.22. The maximum atomic E-state index is 12.2. The number of ether oxygens (including phenoxy) is 2. The highest BCUT2D eigenvalue weighted by atomic mass is 16.5. The quantitative estimate of drug-likeness (QED) is 0.226. The van der Waals surface area contributed by atoms with Gasteiger partial charge >= 0.3 is 5.97 Å². The van der Waals surface area contributed by atoms with Crippen molar-refractivity contribution in [3.63, 3.8) is 0 Å². The van der Waals surface area contributed by atoms with E-state index in [-0.39, 0.29) is 30.3 Å². The topological polar surface area (TPSA) is 133 Å². The molecular formula is C12H18N4O5. The van der Waals surface area contributed by atoms with Gasteiger partial charge < -0.3 is 19.9 Å². The first-order valence-electron chi connectivity index (χ1n) is 6.53. The third-order valence-corrected chi connectivity index (χ3v) is 3.39. The van der Waals surface area contributed by atoms with E-state index in [9.17, 15) is 15.2 Å². The van der Waals surface area contributed by atoms with Gasteiger partial charge in [0, 0.05) is 0 Å². The molecule has 2 aliphatic rings. The van der Waals surface area contributed by atoms with Gasteiger partial charge in [-0.1, -0.05) is 5.16 Å². The number of hydroxylamine groups is 1. The summed E-state index contributed by atoms with van der Waals surface area (Å²) in [4.78, 5) is 16.0. The molecule has 0 bridgehead atoms. The molecule has 9 heteroatoms. The van der Waals surface area contributed by atoms with Crippen LogP contribution in [0.1, 0.15) is 20.8 Å². The number of nitrogens with two attached hydrogens (primary N) is 1. The highest BCUT2D eigenvalue weighted by Crippen LogP contribution is 2.22. The molecule has 2 heterocycles. The Balaban J connectivity index is 2.48. The Hall–Kier alpha value is -2.00. The van der Waals surface area contributed by atoms with Crippen LogP contribution in [-0.4, -0.2) is 64.1 Å². The van der Waals surface area contributed by atoms with Crippen molar-refractivity contribution in [1.82, 2.24) is 0 Å². The first-order valence-corrected chi connectivity index (χ1v) is 6.53. The lowest BCUT2D eigenvalue weighted by atomic mass is 9.91. The lowest BCUT2D eigenvalue weighted by Gasteiger charge is -2.35. The van der Waals surface area contributed by atoms with Crippen molar-refractivity contribution >= 4 is 23.1 Å². The van der Waals surface area contributed by atoms with Crippen LogP contribution in [0.25, 0.3) is 0 Å². The molecule has 116 valence electrons. The van der Waals surface area contributed by atoms with Gasteiger partial charge in [0.1, 0.15) is 17.9 Å². The first-order chi connectivity index (χ1) is 9.83. The van der Waals surface area contributed by atoms with Crippen molar-refractivity contribution in [3.8, 4) is 0 Å². The van der Waals surface area contributed by atoms with Crippen molar-refractivity contribution in [2.45, 2.75) is 38.6 Å². The number of esters is 1. The van der Waals surface area contributed by atoms with Gasteiger partial charge in [-0.05, 0) is 20.8 Å². The van der Waals surface area contributed by atoms with Crippen LogP contribution < -0.4 is 5.73 Å². The molecule has 0 aromatic carbocycles. The Morgan fingerprint density at radius 3 is 2.95 bits per heavy atom. The molecule has 2 rings (SSSR count). The molecule has 2 atom stereocenters. The molecule has 1 fully saturated rings. The van der Waals surface area contributed by atoms with Gasteiger partial charge in [0.05, 0.1) is 6.61 Å². The number of nitrogens with zero attached hydrogens (tertiary/aromatic N) is 3. The van der Waals surface area contributed by atoms with Gasteiger partial charge in [0.15, 0.2) is 5.71 Å². The highest BCUT2D eigenvalue weighted by Gasteiger charge is 2.48. The average Bonchev–Trinajstić information content (AvgIpc) is 2.42. The number of aliphatic imine (C=N–C) groups is 1. The summed E-state index contributed by atoms with van der Waals surface area (Å²) in [5.74, 6) is -0.695. The summed E-state index contributed by atoms with van der Waals surface area (Å²) in [6.45, 7) is 5.11. The minimum absolute atomic E-state index is 0.0302. The van der Waals surface area contributed by atoms with E-state index in [1.165, 1.54) is 0 Å². The van der Waals surface area contributed by atoms with Crippen LogP contribution >= 0.6 is 0 Å². The van der Waals surface area contributed by atoms with E-state index in [2.05, 4.69) is 10.1 Å². The smallest absolute Gasteiger partial charge is 0.339 e. The van der Waals surface area contributed by atoms with E-state index in [1.54, 1.807) is 20.8 Å². The zero-order valence-electron chi connectivity index (χ0n) is 12.1. The largest absolute Gasteiger partial charge is 0.622 e. The molecule has 3 N–H and O–H groups in total. The van der Waals surface area contributed by atoms with Gasteiger partial charge in [-0.2, -0.15) is 4.74 Å². The standard InChI is InChI=1S/C12H18N4O5/c1-4-20-11(17)8-10(13)16(19)6-5-21-12(2,3)9(15-18)7(6)14-8/h8,10,18H,4-5,13H2,1-3H3/b15-9-/t8-,10-/m0/s1. The van der Waals surface area contributed by atoms with E-state index in [4.69, 9.17) is 15.2 Å². The van der Waals surface area contributed by atoms with Crippen LogP contribution in [0, 0.1) is 5.21 Å². The summed E-state index contributed by atoms with van der Waals surface area (Å²) < 4.78 is 10.8. The van der Waals surface area contributed by atoms with Crippen molar-refractivity contribution in [1.29, 1.82) is 0 Å². The molecular weight excluding hydrogens is 280 g/mol. The highest BCUT2D eigenvalue weighted by molar-refractivity contribution is 6.70. The van der Waals surface area contributed by atoms with E-state index >= 15 is 0 Å². The van der Waals surface area contributed by atoms with Crippen molar-refractivity contribution in [2.75, 3.05) is 13.2 Å². The van der Waals surface area contributed by atoms with Gasteiger partial charge in [0.25, 0.3) is 0 Å². The zero-order valence-corrected chi connectivity index (χ0v) is 12.1. The van der Waals surface area contributed by atoms with Gasteiger partial charge in [-0.15, -0.1) is 0 Å². The molecule has 0 aromatic rings. The number of hydrogen-bond donors (Lipinski definition) is 2. The van der Waals surface area contributed by atoms with Crippen LogP contribution in [0.15, 0.2) is 10.1 Å². The molecule has 0 radical (unpaired) electrons. The summed E-state index contributed by atoms with van der Waals surface area (Å²) >= 11 is 0. The van der Waals surface area contributed by atoms with Gasteiger partial charge in [-0.3, -0.25) is 10.7 Å². The molecule has 9 nitrogen and oxygen atoms in total. The third kappa shape index (κ3) is 2.49. The van der Waals surface area contributed by atoms with Crippen molar-refractivity contribution < 1.29 is 24.2 Å². The number of carbonyl (C=O) groups is 1. The van der Waals surface area contributed by atoms with Crippen molar-refractivity contribution in [2.24, 2.45) is 15.9 Å². The second kappa shape index (κ2) is 5.41. The second-order valence-corrected chi connectivity index (χ2v) is 5.19. The first kappa shape index (κ1) is 15.4. The molecule has 0 aromatic heterocycles. The van der Waals surface area contributed by atoms with E-state index in [0.717, 1.165) is 0 Å². The zero-order chi connectivity index (χ0) is 15.8. The lowest BCUT2D eigenvalue weighted by Crippen LogP contribution is -2.60. The Morgan fingerprint density at radius 2 is 2.38 bits per heavy atom. The summed E-state index contributed by atoms with van der Waals surface area (Å²) in [7, 11) is 0. The van der Waals surface area contributed by atoms with E-state index in [0.29, 0.717) is 4.74 Å². The summed E-state index contributed by atoms with van der Waals surface area (Å²) in [5.41, 5.74) is 5.15. The predicted octanol–water partition coefficient (Wildman–Crippen LogP) is -0.752. The molecule has 0 aliphatic carbocycles. The van der Waals surface area contributed by atoms with Gasteiger partial charge in [-0.25, -0.2) is 4.79 Å². The predicted molar refractivity (Wildman–Crippen MR) is 73.7 cm³/mol. The number of hydrogen-bond acceptors (Lipinski definition) is 8. The Kier molecular flexibility index (Phi) is 3.97. The molecule has 1 saturated heterocycles. The maximum Gasteiger partial charge on any atom is 0.339 e. The van der Waals surface area contributed by atoms with Crippen LogP contribution in [-0.2, 0) is 14.3 Å². The van der Waals surface area contributed by atoms with Gasteiger partial charge in [0.2, 0.25) is 17.9 Å². The second-order valence-electron chi connectivity index (χ2n) is 5.19. The summed E-state index contributed by atoms with van der Waals surface area (Å²) in [5, 5.41) is 24.6. The maximum absolute atomic E-state index is 12.2. The molecule has 0 saturated carbocycles. The molecule has 0 spiro atoms. The lowest BCUT2D eigenvalue weighted by molar-refractivity contribution is -0.503. The Morgan fingerprint density at radius 1 is 1.71 bits per heavy atom. The molecule has 21 heavy (non-hydrogen) atoms. The normalized spacial score (nSPS) is 29.9. The SMILES string of the molecule is CCOC(=O)[C@H]1N=C2C(=[N+]([O-])[C@@H]1N)COC(C)(C)/C2=N\O. The fourth-order valence-corrected chi connectivity index (χ4v) is 2.22. The number of rotatable bonds is 2. The number of oxime groups is 1. The average molecular weight is 298 g/mol. The fraction of sp³-hybridized carbons (Fsp3) is 0.667. The van der Waals surface area contributed by atoms with Crippen LogP contribution in [0.5, 0.6) is 0 Å². The Bertz CT molecular complexity index is 552. The summed E-state index contributed by atoms with van der Waals surface area (Å²) in [6, 6.07) is -1.17. The number of fused-ring (bicyclic) bond motifs is 1. The minimum Gasteiger partial charge on any atom is -0.622 e. The van der Waals surface area contributed by atoms with Crippen LogP contribution in [0.3, 0.4) is 0 Å². The van der Waals surface area contributed by atoms with E-state index in [1.807, 2.05) is 0 Å². The monoisotopic (exact) mass is 298 g/mol.